The van der Waals surface area contributed by atoms with Gasteiger partial charge in [-0.3, -0.25) is 14.7 Å². The summed E-state index contributed by atoms with van der Waals surface area (Å²) >= 11 is 6.97. The maximum atomic E-state index is 12.7. The van der Waals surface area contributed by atoms with E-state index in [0.717, 1.165) is 48.4 Å². The second-order valence-electron chi connectivity index (χ2n) is 7.65. The van der Waals surface area contributed by atoms with Crippen LogP contribution in [-0.4, -0.2) is 30.7 Å². The third-order valence-electron chi connectivity index (χ3n) is 4.70. The number of amides is 2. The van der Waals surface area contributed by atoms with Crippen molar-refractivity contribution in [1.82, 2.24) is 5.32 Å². The van der Waals surface area contributed by atoms with E-state index in [1.807, 2.05) is 30.2 Å². The number of aryl methyl sites for hydroxylation is 1. The molecule has 9 heteroatoms. The quantitative estimate of drug-likeness (QED) is 0.658. The van der Waals surface area contributed by atoms with Crippen LogP contribution in [0.4, 0.5) is 16.2 Å². The highest BCUT2D eigenvalue weighted by atomic mass is 35.5. The molecule has 2 N–H and O–H groups in total. The highest BCUT2D eigenvalue weighted by Gasteiger charge is 2.30. The summed E-state index contributed by atoms with van der Waals surface area (Å²) in [6, 6.07) is 8.89. The maximum Gasteiger partial charge on any atom is 0.414 e. The van der Waals surface area contributed by atoms with Crippen molar-refractivity contribution < 1.29 is 19.2 Å². The van der Waals surface area contributed by atoms with Crippen LogP contribution in [0.1, 0.15) is 38.7 Å². The molecule has 162 valence electrons. The van der Waals surface area contributed by atoms with Crippen LogP contribution >= 0.6 is 22.9 Å². The summed E-state index contributed by atoms with van der Waals surface area (Å²) in [5.41, 5.74) is 1.45. The van der Waals surface area contributed by atoms with Crippen LogP contribution < -0.4 is 20.4 Å². The normalized spacial score (nSPS) is 14.7. The molecule has 0 bridgehead atoms. The van der Waals surface area contributed by atoms with E-state index in [1.165, 1.54) is 0 Å². The molecule has 30 heavy (non-hydrogen) atoms. The molecule has 0 unspecified atom stereocenters. The molecule has 1 aliphatic heterocycles. The standard InChI is InChI=1S/C21H26ClN3O4S/c1-14-13-15(7-8-16(14)25-11-5-4-6-12-28-25)23-19(26)21(2,3)24-20(27)29-18-10-9-17(22)30-18/h7-10,13H,4-6,11-12H2,1-3H3,(H,23,26)(H,24,27). The zero-order chi connectivity index (χ0) is 21.7. The Labute approximate surface area is 185 Å². The molecule has 1 aliphatic rings. The Morgan fingerprint density at radius 3 is 2.70 bits per heavy atom. The lowest BCUT2D eigenvalue weighted by Gasteiger charge is -2.26. The van der Waals surface area contributed by atoms with Gasteiger partial charge in [-0.25, -0.2) is 4.79 Å². The Balaban J connectivity index is 1.60. The smallest absolute Gasteiger partial charge is 0.399 e. The summed E-state index contributed by atoms with van der Waals surface area (Å²) in [4.78, 5) is 30.7. The molecule has 0 spiro atoms. The van der Waals surface area contributed by atoms with E-state index in [2.05, 4.69) is 10.6 Å². The predicted molar refractivity (Wildman–Crippen MR) is 120 cm³/mol. The molecule has 2 heterocycles. The number of hydrogen-bond donors (Lipinski definition) is 2. The fourth-order valence-corrected chi connectivity index (χ4v) is 3.92. The fourth-order valence-electron chi connectivity index (χ4n) is 3.05. The number of hydroxylamine groups is 1. The molecular formula is C21H26ClN3O4S. The number of benzene rings is 1. The molecule has 7 nitrogen and oxygen atoms in total. The number of thiophene rings is 1. The van der Waals surface area contributed by atoms with Crippen LogP contribution in [0, 0.1) is 6.92 Å². The van der Waals surface area contributed by atoms with Gasteiger partial charge in [0, 0.05) is 12.2 Å². The van der Waals surface area contributed by atoms with Crippen LogP contribution in [0.2, 0.25) is 4.34 Å². The Morgan fingerprint density at radius 2 is 2.00 bits per heavy atom. The van der Waals surface area contributed by atoms with Crippen LogP contribution in [0.25, 0.3) is 0 Å². The third-order valence-corrected chi connectivity index (χ3v) is 5.81. The van der Waals surface area contributed by atoms with E-state index in [1.54, 1.807) is 26.0 Å². The monoisotopic (exact) mass is 451 g/mol. The molecule has 1 saturated heterocycles. The first-order valence-corrected chi connectivity index (χ1v) is 11.0. The number of nitrogens with one attached hydrogen (secondary N) is 2. The van der Waals surface area contributed by atoms with Gasteiger partial charge in [0.25, 0.3) is 0 Å². The van der Waals surface area contributed by atoms with Gasteiger partial charge in [0.2, 0.25) is 5.91 Å². The van der Waals surface area contributed by atoms with E-state index in [0.29, 0.717) is 21.7 Å². The molecule has 0 radical (unpaired) electrons. The Hall–Kier alpha value is -2.29. The van der Waals surface area contributed by atoms with Gasteiger partial charge >= 0.3 is 6.09 Å². The summed E-state index contributed by atoms with van der Waals surface area (Å²) in [6.07, 6.45) is 2.59. The van der Waals surface area contributed by atoms with Crippen molar-refractivity contribution >= 4 is 46.3 Å². The molecule has 0 aliphatic carbocycles. The zero-order valence-electron chi connectivity index (χ0n) is 17.3. The zero-order valence-corrected chi connectivity index (χ0v) is 18.9. The van der Waals surface area contributed by atoms with Crippen LogP contribution in [0.15, 0.2) is 30.3 Å². The second-order valence-corrected chi connectivity index (χ2v) is 9.33. The van der Waals surface area contributed by atoms with Gasteiger partial charge in [0.1, 0.15) is 5.54 Å². The predicted octanol–water partition coefficient (Wildman–Crippen LogP) is 5.14. The number of anilines is 2. The van der Waals surface area contributed by atoms with Gasteiger partial charge in [-0.2, -0.15) is 0 Å². The van der Waals surface area contributed by atoms with Crippen molar-refractivity contribution in [3.8, 4) is 5.06 Å². The Morgan fingerprint density at radius 1 is 1.20 bits per heavy atom. The van der Waals surface area contributed by atoms with E-state index in [-0.39, 0.29) is 5.91 Å². The van der Waals surface area contributed by atoms with E-state index >= 15 is 0 Å². The Kier molecular flexibility index (Phi) is 7.23. The average molecular weight is 452 g/mol. The van der Waals surface area contributed by atoms with Crippen molar-refractivity contribution in [3.05, 3.63) is 40.2 Å². The number of rotatable bonds is 5. The molecule has 1 aromatic heterocycles. The number of nitrogens with zero attached hydrogens (tertiary/aromatic N) is 1. The summed E-state index contributed by atoms with van der Waals surface area (Å²) < 4.78 is 5.68. The topological polar surface area (TPSA) is 79.9 Å². The third kappa shape index (κ3) is 5.87. The number of carbonyl (C=O) groups excluding carboxylic acids is 2. The van der Waals surface area contributed by atoms with Crippen molar-refractivity contribution in [2.75, 3.05) is 23.5 Å². The van der Waals surface area contributed by atoms with E-state index < -0.39 is 11.6 Å². The minimum Gasteiger partial charge on any atom is -0.399 e. The SMILES string of the molecule is Cc1cc(NC(=O)C(C)(C)NC(=O)Oc2ccc(Cl)s2)ccc1N1CCCCCO1. The van der Waals surface area contributed by atoms with E-state index in [4.69, 9.17) is 21.2 Å². The Bertz CT molecular complexity index is 907. The van der Waals surface area contributed by atoms with Crippen molar-refractivity contribution in [2.45, 2.75) is 45.6 Å². The lowest BCUT2D eigenvalue weighted by molar-refractivity contribution is -0.121. The number of halogens is 1. The average Bonchev–Trinajstić information content (AvgIpc) is 2.91. The molecule has 2 amide bonds. The summed E-state index contributed by atoms with van der Waals surface area (Å²) in [5.74, 6) is -0.359. The van der Waals surface area contributed by atoms with Gasteiger partial charge in [-0.1, -0.05) is 22.9 Å². The lowest BCUT2D eigenvalue weighted by Crippen LogP contribution is -2.53. The van der Waals surface area contributed by atoms with Gasteiger partial charge in [-0.05, 0) is 75.9 Å². The first-order chi connectivity index (χ1) is 14.2. The lowest BCUT2D eigenvalue weighted by atomic mass is 10.0. The van der Waals surface area contributed by atoms with Crippen LogP contribution in [-0.2, 0) is 9.63 Å². The maximum absolute atomic E-state index is 12.7. The van der Waals surface area contributed by atoms with Crippen molar-refractivity contribution in [1.29, 1.82) is 0 Å². The molecule has 3 rings (SSSR count). The first-order valence-electron chi connectivity index (χ1n) is 9.82. The minimum atomic E-state index is -1.18. The number of hydrogen-bond acceptors (Lipinski definition) is 6. The molecule has 1 fully saturated rings. The first kappa shape index (κ1) is 22.4. The largest absolute Gasteiger partial charge is 0.414 e. The molecular weight excluding hydrogens is 426 g/mol. The highest BCUT2D eigenvalue weighted by molar-refractivity contribution is 7.17. The second kappa shape index (κ2) is 9.68. The van der Waals surface area contributed by atoms with Gasteiger partial charge in [0.15, 0.2) is 5.06 Å². The molecule has 0 atom stereocenters. The van der Waals surface area contributed by atoms with Gasteiger partial charge in [0.05, 0.1) is 16.6 Å². The summed E-state index contributed by atoms with van der Waals surface area (Å²) in [5, 5.41) is 7.71. The van der Waals surface area contributed by atoms with Gasteiger partial charge < -0.3 is 15.4 Å². The van der Waals surface area contributed by atoms with Gasteiger partial charge in [-0.15, -0.1) is 0 Å². The summed E-state index contributed by atoms with van der Waals surface area (Å²) in [7, 11) is 0. The summed E-state index contributed by atoms with van der Waals surface area (Å²) in [6.45, 7) is 6.76. The van der Waals surface area contributed by atoms with Crippen LogP contribution in [0.3, 0.4) is 0 Å². The number of ether oxygens (including phenoxy) is 1. The fraction of sp³-hybridized carbons (Fsp3) is 0.429. The van der Waals surface area contributed by atoms with Crippen molar-refractivity contribution in [2.24, 2.45) is 0 Å². The van der Waals surface area contributed by atoms with Crippen molar-refractivity contribution in [3.63, 3.8) is 0 Å². The van der Waals surface area contributed by atoms with E-state index in [9.17, 15) is 9.59 Å². The molecule has 0 saturated carbocycles. The highest BCUT2D eigenvalue weighted by Crippen LogP contribution is 2.29. The minimum absolute atomic E-state index is 0.357. The molecule has 2 aromatic rings. The molecule has 1 aromatic carbocycles. The number of carbonyl (C=O) groups is 2. The van der Waals surface area contributed by atoms with Crippen LogP contribution in [0.5, 0.6) is 5.06 Å².